The minimum absolute atomic E-state index is 0.110. The molecule has 0 fully saturated rings. The first-order valence-electron chi connectivity index (χ1n) is 10.1. The summed E-state index contributed by atoms with van der Waals surface area (Å²) in [4.78, 5) is 24.7. The van der Waals surface area contributed by atoms with Crippen LogP contribution in [0.15, 0.2) is 72.8 Å². The second kappa shape index (κ2) is 11.8. The van der Waals surface area contributed by atoms with Gasteiger partial charge in [-0.2, -0.15) is 0 Å². The molecule has 2 amide bonds. The highest BCUT2D eigenvalue weighted by Gasteiger charge is 2.13. The summed E-state index contributed by atoms with van der Waals surface area (Å²) in [6.45, 7) is 0. The number of benzene rings is 3. The smallest absolute Gasteiger partial charge is 0.257 e. The molecule has 0 unspecified atom stereocenters. The van der Waals surface area contributed by atoms with Crippen LogP contribution in [0, 0.1) is 0 Å². The zero-order valence-electron chi connectivity index (χ0n) is 18.4. The molecule has 0 heterocycles. The normalized spacial score (nSPS) is 10.4. The molecule has 7 nitrogen and oxygen atoms in total. The van der Waals surface area contributed by atoms with Gasteiger partial charge in [-0.3, -0.25) is 14.9 Å². The van der Waals surface area contributed by atoms with Gasteiger partial charge in [0.1, 0.15) is 11.5 Å². The number of carbonyl (C=O) groups excluding carboxylic acids is 2. The molecule has 0 aliphatic carbocycles. The Morgan fingerprint density at radius 2 is 1.68 bits per heavy atom. The predicted octanol–water partition coefficient (Wildman–Crippen LogP) is 5.14. The second-order valence-corrected chi connectivity index (χ2v) is 7.71. The first-order valence-corrected chi connectivity index (χ1v) is 10.9. The zero-order chi connectivity index (χ0) is 24.5. The van der Waals surface area contributed by atoms with Gasteiger partial charge in [0.05, 0.1) is 30.5 Å². The summed E-state index contributed by atoms with van der Waals surface area (Å²) in [6, 6.07) is 19.0. The maximum absolute atomic E-state index is 12.5. The Hall–Kier alpha value is -3.88. The zero-order valence-corrected chi connectivity index (χ0v) is 20.0. The molecule has 34 heavy (non-hydrogen) atoms. The lowest BCUT2D eigenvalue weighted by Crippen LogP contribution is -2.32. The largest absolute Gasteiger partial charge is 0.497 e. The number of thiocarbonyl (C=S) groups is 1. The van der Waals surface area contributed by atoms with Crippen molar-refractivity contribution in [3.05, 3.63) is 89.0 Å². The Labute approximate surface area is 207 Å². The van der Waals surface area contributed by atoms with E-state index in [9.17, 15) is 9.59 Å². The first kappa shape index (κ1) is 24.8. The van der Waals surface area contributed by atoms with Crippen molar-refractivity contribution >= 4 is 58.2 Å². The molecule has 0 atom stereocenters. The lowest BCUT2D eigenvalue weighted by molar-refractivity contribution is -0.115. The number of anilines is 2. The van der Waals surface area contributed by atoms with Gasteiger partial charge in [-0.15, -0.1) is 0 Å². The van der Waals surface area contributed by atoms with Gasteiger partial charge in [0.25, 0.3) is 5.91 Å². The third-order valence-electron chi connectivity index (χ3n) is 4.61. The second-order valence-electron chi connectivity index (χ2n) is 6.90. The van der Waals surface area contributed by atoms with Crippen LogP contribution < -0.4 is 25.4 Å². The van der Waals surface area contributed by atoms with E-state index in [4.69, 9.17) is 33.3 Å². The van der Waals surface area contributed by atoms with E-state index in [2.05, 4.69) is 16.0 Å². The molecular weight excluding hydrogens is 474 g/mol. The Bertz CT molecular complexity index is 1230. The molecule has 0 aliphatic heterocycles. The molecule has 0 spiro atoms. The number of rotatable bonds is 7. The van der Waals surface area contributed by atoms with Gasteiger partial charge in [0.2, 0.25) is 5.91 Å². The lowest BCUT2D eigenvalue weighted by Gasteiger charge is -2.14. The Morgan fingerprint density at radius 1 is 0.941 bits per heavy atom. The van der Waals surface area contributed by atoms with Gasteiger partial charge in [0.15, 0.2) is 5.11 Å². The van der Waals surface area contributed by atoms with Gasteiger partial charge in [-0.25, -0.2) is 0 Å². The molecule has 0 saturated carbocycles. The van der Waals surface area contributed by atoms with E-state index in [1.165, 1.54) is 13.2 Å². The number of methoxy groups -OCH3 is 2. The minimum Gasteiger partial charge on any atom is -0.497 e. The fourth-order valence-electron chi connectivity index (χ4n) is 2.91. The van der Waals surface area contributed by atoms with Gasteiger partial charge >= 0.3 is 0 Å². The van der Waals surface area contributed by atoms with Gasteiger partial charge in [-0.05, 0) is 60.3 Å². The summed E-state index contributed by atoms with van der Waals surface area (Å²) in [5.41, 5.74) is 2.21. The molecule has 3 N–H and O–H groups in total. The van der Waals surface area contributed by atoms with Crippen LogP contribution in [-0.2, 0) is 4.79 Å². The van der Waals surface area contributed by atoms with Crippen molar-refractivity contribution < 1.29 is 19.1 Å². The first-order chi connectivity index (χ1) is 16.4. The molecule has 0 bridgehead atoms. The summed E-state index contributed by atoms with van der Waals surface area (Å²) in [5.74, 6) is 0.385. The molecule has 0 saturated heterocycles. The van der Waals surface area contributed by atoms with E-state index in [-0.39, 0.29) is 16.9 Å². The van der Waals surface area contributed by atoms with Crippen LogP contribution >= 0.6 is 23.8 Å². The van der Waals surface area contributed by atoms with Crippen molar-refractivity contribution in [1.82, 2.24) is 5.32 Å². The number of nitrogens with one attached hydrogen (secondary N) is 3. The predicted molar refractivity (Wildman–Crippen MR) is 139 cm³/mol. The number of hydrogen-bond acceptors (Lipinski definition) is 5. The highest BCUT2D eigenvalue weighted by molar-refractivity contribution is 7.80. The summed E-state index contributed by atoms with van der Waals surface area (Å²) >= 11 is 11.3. The number of amides is 2. The third kappa shape index (κ3) is 6.81. The fraction of sp³-hybridized carbons (Fsp3) is 0.0800. The van der Waals surface area contributed by atoms with E-state index < -0.39 is 0 Å². The summed E-state index contributed by atoms with van der Waals surface area (Å²) < 4.78 is 10.5. The van der Waals surface area contributed by atoms with Crippen molar-refractivity contribution in [3.63, 3.8) is 0 Å². The highest BCUT2D eigenvalue weighted by Crippen LogP contribution is 2.29. The summed E-state index contributed by atoms with van der Waals surface area (Å²) in [5, 5.41) is 8.73. The average Bonchev–Trinajstić information content (AvgIpc) is 2.84. The Morgan fingerprint density at radius 3 is 2.35 bits per heavy atom. The molecule has 0 aromatic heterocycles. The van der Waals surface area contributed by atoms with Crippen molar-refractivity contribution in [2.45, 2.75) is 0 Å². The molecule has 3 aromatic carbocycles. The fourth-order valence-corrected chi connectivity index (χ4v) is 3.35. The van der Waals surface area contributed by atoms with Gasteiger partial charge in [-0.1, -0.05) is 35.9 Å². The van der Waals surface area contributed by atoms with Crippen molar-refractivity contribution in [1.29, 1.82) is 0 Å². The average molecular weight is 496 g/mol. The lowest BCUT2D eigenvalue weighted by atomic mass is 10.2. The summed E-state index contributed by atoms with van der Waals surface area (Å²) in [7, 11) is 3.07. The van der Waals surface area contributed by atoms with E-state index in [1.807, 2.05) is 12.1 Å². The van der Waals surface area contributed by atoms with Crippen LogP contribution in [0.5, 0.6) is 11.5 Å². The molecule has 3 rings (SSSR count). The molecule has 174 valence electrons. The minimum atomic E-state index is -0.385. The maximum atomic E-state index is 12.5. The van der Waals surface area contributed by atoms with Crippen LogP contribution in [0.2, 0.25) is 5.02 Å². The number of ether oxygens (including phenoxy) is 2. The number of halogens is 1. The third-order valence-corrected chi connectivity index (χ3v) is 5.14. The van der Waals surface area contributed by atoms with E-state index in [0.717, 1.165) is 11.3 Å². The van der Waals surface area contributed by atoms with E-state index in [1.54, 1.807) is 67.8 Å². The highest BCUT2D eigenvalue weighted by atomic mass is 35.5. The number of hydrogen-bond donors (Lipinski definition) is 3. The quantitative estimate of drug-likeness (QED) is 0.311. The number of carbonyl (C=O) groups is 2. The van der Waals surface area contributed by atoms with E-state index >= 15 is 0 Å². The molecular formula is C25H22ClN3O4S. The van der Waals surface area contributed by atoms with E-state index in [0.29, 0.717) is 27.7 Å². The topological polar surface area (TPSA) is 88.7 Å². The Kier molecular flexibility index (Phi) is 8.61. The van der Waals surface area contributed by atoms with Crippen molar-refractivity contribution in [2.24, 2.45) is 0 Å². The van der Waals surface area contributed by atoms with Crippen LogP contribution in [0.3, 0.4) is 0 Å². The van der Waals surface area contributed by atoms with Crippen molar-refractivity contribution in [2.75, 3.05) is 24.9 Å². The molecule has 9 heteroatoms. The molecule has 3 aromatic rings. The summed E-state index contributed by atoms with van der Waals surface area (Å²) in [6.07, 6.45) is 3.04. The van der Waals surface area contributed by atoms with Gasteiger partial charge in [0, 0.05) is 17.8 Å². The monoisotopic (exact) mass is 495 g/mol. The van der Waals surface area contributed by atoms with Crippen LogP contribution in [0.25, 0.3) is 6.08 Å². The maximum Gasteiger partial charge on any atom is 0.257 e. The van der Waals surface area contributed by atoms with Crippen LogP contribution in [0.1, 0.15) is 15.9 Å². The SMILES string of the molecule is COc1ccc(/C=C/C(=O)NC(=S)Nc2ccc(NC(=O)c3ccccc3Cl)c(OC)c2)cc1. The van der Waals surface area contributed by atoms with Crippen LogP contribution in [-0.4, -0.2) is 31.1 Å². The Balaban J connectivity index is 1.60. The molecule has 0 radical (unpaired) electrons. The standard InChI is InChI=1S/C25H22ClN3O4S/c1-32-18-11-7-16(8-12-18)9-14-23(30)29-25(34)27-17-10-13-21(22(15-17)33-2)28-24(31)19-5-3-4-6-20(19)26/h3-15H,1-2H3,(H,28,31)(H2,27,29,30,34)/b14-9+. The van der Waals surface area contributed by atoms with Crippen LogP contribution in [0.4, 0.5) is 11.4 Å². The van der Waals surface area contributed by atoms with Crippen molar-refractivity contribution in [3.8, 4) is 11.5 Å². The molecule has 0 aliphatic rings. The van der Waals surface area contributed by atoms with Gasteiger partial charge < -0.3 is 20.1 Å².